The Labute approximate surface area is 196 Å². The van der Waals surface area contributed by atoms with Crippen LogP contribution in [-0.4, -0.2) is 21.2 Å². The molecule has 0 radical (unpaired) electrons. The number of ether oxygens (including phenoxy) is 1. The van der Waals surface area contributed by atoms with Crippen LogP contribution in [-0.2, 0) is 0 Å². The van der Waals surface area contributed by atoms with Gasteiger partial charge in [0.05, 0.1) is 29.2 Å². The number of para-hydroxylation sites is 2. The molecule has 4 heteroatoms. The van der Waals surface area contributed by atoms with E-state index < -0.39 is 0 Å². The molecule has 0 N–H and O–H groups in total. The highest BCUT2D eigenvalue weighted by Crippen LogP contribution is 2.42. The van der Waals surface area contributed by atoms with Gasteiger partial charge in [-0.15, -0.1) is 0 Å². The molecule has 3 aromatic heterocycles. The van der Waals surface area contributed by atoms with E-state index in [0.29, 0.717) is 0 Å². The third kappa shape index (κ3) is 2.57. The molecule has 0 atom stereocenters. The van der Waals surface area contributed by atoms with Crippen molar-refractivity contribution >= 4 is 43.6 Å². The molecule has 34 heavy (non-hydrogen) atoms. The number of benzene rings is 4. The van der Waals surface area contributed by atoms with Crippen LogP contribution >= 0.6 is 0 Å². The number of pyridine rings is 1. The van der Waals surface area contributed by atoms with Crippen molar-refractivity contribution in [3.8, 4) is 17.3 Å². The predicted molar refractivity (Wildman–Crippen MR) is 139 cm³/mol. The topological polar surface area (TPSA) is 32.0 Å². The van der Waals surface area contributed by atoms with E-state index in [4.69, 9.17) is 9.72 Å². The monoisotopic (exact) mass is 439 g/mol. The second-order valence-corrected chi connectivity index (χ2v) is 8.45. The van der Waals surface area contributed by atoms with Crippen LogP contribution < -0.4 is 4.74 Å². The first-order valence-electron chi connectivity index (χ1n) is 11.4. The van der Waals surface area contributed by atoms with Crippen LogP contribution in [0.25, 0.3) is 55.1 Å². The summed E-state index contributed by atoms with van der Waals surface area (Å²) < 4.78 is 10.2. The summed E-state index contributed by atoms with van der Waals surface area (Å²) in [4.78, 5) is 4.70. The van der Waals surface area contributed by atoms with Crippen molar-refractivity contribution in [3.05, 3.63) is 109 Å². The highest BCUT2D eigenvalue weighted by atomic mass is 16.5. The van der Waals surface area contributed by atoms with Gasteiger partial charge in [0.2, 0.25) is 0 Å². The average molecular weight is 440 g/mol. The van der Waals surface area contributed by atoms with Crippen LogP contribution in [0.15, 0.2) is 109 Å². The second-order valence-electron chi connectivity index (χ2n) is 8.45. The van der Waals surface area contributed by atoms with Gasteiger partial charge in [0, 0.05) is 39.5 Å². The Hall–Kier alpha value is -4.57. The third-order valence-corrected chi connectivity index (χ3v) is 6.66. The van der Waals surface area contributed by atoms with Crippen molar-refractivity contribution in [1.82, 2.24) is 14.1 Å². The first-order valence-corrected chi connectivity index (χ1v) is 11.4. The maximum absolute atomic E-state index is 5.60. The quantitative estimate of drug-likeness (QED) is 0.290. The molecule has 3 heterocycles. The second kappa shape index (κ2) is 7.22. The zero-order valence-corrected chi connectivity index (χ0v) is 18.6. The molecule has 0 aliphatic rings. The van der Waals surface area contributed by atoms with Crippen molar-refractivity contribution in [2.75, 3.05) is 7.11 Å². The first-order chi connectivity index (χ1) is 16.8. The largest absolute Gasteiger partial charge is 0.497 e. The number of methoxy groups -OCH3 is 1. The molecule has 7 aromatic rings. The van der Waals surface area contributed by atoms with Gasteiger partial charge in [-0.1, -0.05) is 48.5 Å². The van der Waals surface area contributed by atoms with E-state index in [9.17, 15) is 0 Å². The minimum absolute atomic E-state index is 0.826. The average Bonchev–Trinajstić information content (AvgIpc) is 3.42. The molecule has 7 rings (SSSR count). The molecule has 0 bridgehead atoms. The lowest BCUT2D eigenvalue weighted by Crippen LogP contribution is -1.97. The van der Waals surface area contributed by atoms with Gasteiger partial charge in [0.25, 0.3) is 0 Å². The van der Waals surface area contributed by atoms with Crippen LogP contribution in [0.2, 0.25) is 0 Å². The third-order valence-electron chi connectivity index (χ3n) is 6.66. The number of hydrogen-bond acceptors (Lipinski definition) is 2. The molecule has 0 aliphatic carbocycles. The van der Waals surface area contributed by atoms with Crippen LogP contribution in [0.1, 0.15) is 0 Å². The molecule has 0 unspecified atom stereocenters. The molecule has 0 fully saturated rings. The van der Waals surface area contributed by atoms with Crippen LogP contribution in [0, 0.1) is 0 Å². The zero-order chi connectivity index (χ0) is 22.6. The van der Waals surface area contributed by atoms with Crippen LogP contribution in [0.5, 0.6) is 5.75 Å². The molecule has 162 valence electrons. The van der Waals surface area contributed by atoms with Crippen molar-refractivity contribution in [2.45, 2.75) is 0 Å². The van der Waals surface area contributed by atoms with Crippen LogP contribution in [0.4, 0.5) is 0 Å². The maximum Gasteiger partial charge on any atom is 0.137 e. The normalized spacial score (nSPS) is 11.7. The van der Waals surface area contributed by atoms with Gasteiger partial charge in [-0.05, 0) is 48.5 Å². The molecule has 0 aliphatic heterocycles. The molecular formula is C30H21N3O. The molecule has 0 saturated carbocycles. The van der Waals surface area contributed by atoms with Crippen molar-refractivity contribution < 1.29 is 4.74 Å². The van der Waals surface area contributed by atoms with Gasteiger partial charge < -0.3 is 9.30 Å². The Bertz CT molecular complexity index is 1830. The SMILES string of the molecule is COc1ccc2c3c(ccc4c5ccccc5n(-c5ccccc5)c43)n(-c3ccccn3)c2c1. The maximum atomic E-state index is 5.60. The minimum atomic E-state index is 0.826. The number of hydrogen-bond donors (Lipinski definition) is 0. The van der Waals surface area contributed by atoms with E-state index in [1.807, 2.05) is 24.4 Å². The van der Waals surface area contributed by atoms with Gasteiger partial charge in [0.1, 0.15) is 11.6 Å². The van der Waals surface area contributed by atoms with Gasteiger partial charge in [0.15, 0.2) is 0 Å². The molecule has 4 aromatic carbocycles. The highest BCUT2D eigenvalue weighted by molar-refractivity contribution is 6.26. The summed E-state index contributed by atoms with van der Waals surface area (Å²) in [5.41, 5.74) is 5.74. The van der Waals surface area contributed by atoms with E-state index >= 15 is 0 Å². The fourth-order valence-corrected chi connectivity index (χ4v) is 5.24. The Morgan fingerprint density at radius 3 is 2.24 bits per heavy atom. The summed E-state index contributed by atoms with van der Waals surface area (Å²) in [7, 11) is 1.71. The van der Waals surface area contributed by atoms with Gasteiger partial charge in [-0.2, -0.15) is 0 Å². The van der Waals surface area contributed by atoms with E-state index in [1.165, 1.54) is 32.6 Å². The highest BCUT2D eigenvalue weighted by Gasteiger charge is 2.21. The van der Waals surface area contributed by atoms with Gasteiger partial charge in [-0.25, -0.2) is 4.98 Å². The fourth-order valence-electron chi connectivity index (χ4n) is 5.24. The summed E-state index contributed by atoms with van der Waals surface area (Å²) in [5, 5.41) is 4.87. The fraction of sp³-hybridized carbons (Fsp3) is 0.0333. The molecule has 0 spiro atoms. The van der Waals surface area contributed by atoms with Crippen molar-refractivity contribution in [3.63, 3.8) is 0 Å². The summed E-state index contributed by atoms with van der Waals surface area (Å²) in [6.07, 6.45) is 1.84. The Morgan fingerprint density at radius 1 is 0.618 bits per heavy atom. The minimum Gasteiger partial charge on any atom is -0.497 e. The Morgan fingerprint density at radius 2 is 1.41 bits per heavy atom. The Kier molecular flexibility index (Phi) is 4.02. The Balaban J connectivity index is 1.76. The summed E-state index contributed by atoms with van der Waals surface area (Å²) in [6, 6.07) is 36.0. The van der Waals surface area contributed by atoms with E-state index in [-0.39, 0.29) is 0 Å². The van der Waals surface area contributed by atoms with E-state index in [2.05, 4.69) is 94.1 Å². The molecular weight excluding hydrogens is 418 g/mol. The lowest BCUT2D eigenvalue weighted by Gasteiger charge is -2.09. The predicted octanol–water partition coefficient (Wildman–Crippen LogP) is 7.28. The van der Waals surface area contributed by atoms with Crippen LogP contribution in [0.3, 0.4) is 0 Å². The molecule has 0 amide bonds. The number of nitrogens with zero attached hydrogens (tertiary/aromatic N) is 3. The summed E-state index contributed by atoms with van der Waals surface area (Å²) in [6.45, 7) is 0. The number of aromatic nitrogens is 3. The lowest BCUT2D eigenvalue weighted by molar-refractivity contribution is 0.415. The smallest absolute Gasteiger partial charge is 0.137 e. The number of rotatable bonds is 3. The lowest BCUT2D eigenvalue weighted by atomic mass is 10.1. The first kappa shape index (κ1) is 18.9. The van der Waals surface area contributed by atoms with E-state index in [0.717, 1.165) is 28.3 Å². The molecule has 4 nitrogen and oxygen atoms in total. The van der Waals surface area contributed by atoms with Crippen molar-refractivity contribution in [1.29, 1.82) is 0 Å². The number of fused-ring (bicyclic) bond motifs is 7. The van der Waals surface area contributed by atoms with Gasteiger partial charge in [-0.3, -0.25) is 4.57 Å². The summed E-state index contributed by atoms with van der Waals surface area (Å²) >= 11 is 0. The van der Waals surface area contributed by atoms with E-state index in [1.54, 1.807) is 7.11 Å². The standard InChI is InChI=1S/C30H21N3O/c1-34-21-14-15-24-27(19-21)33(28-13-7-8-18-31-28)26-17-16-23-22-11-5-6-12-25(22)32(30(23)29(24)26)20-9-3-2-4-10-20/h2-19H,1H3. The summed E-state index contributed by atoms with van der Waals surface area (Å²) in [5.74, 6) is 1.71. The molecule has 0 saturated heterocycles. The van der Waals surface area contributed by atoms with Crippen molar-refractivity contribution in [2.24, 2.45) is 0 Å². The van der Waals surface area contributed by atoms with Gasteiger partial charge >= 0.3 is 0 Å². The zero-order valence-electron chi connectivity index (χ0n) is 18.6.